The number of hydrogen-bond acceptors (Lipinski definition) is 8. The van der Waals surface area contributed by atoms with Crippen molar-refractivity contribution in [2.75, 3.05) is 6.54 Å². The smallest absolute Gasteiger partial charge is 0.330 e. The van der Waals surface area contributed by atoms with Crippen LogP contribution in [0.25, 0.3) is 0 Å². The predicted molar refractivity (Wildman–Crippen MR) is 106 cm³/mol. The molecule has 0 spiro atoms. The van der Waals surface area contributed by atoms with Crippen LogP contribution in [0.15, 0.2) is 21.9 Å². The third-order valence-corrected chi connectivity index (χ3v) is 9.33. The van der Waals surface area contributed by atoms with E-state index in [1.54, 1.807) is 0 Å². The molecule has 10 nitrogen and oxygen atoms in total. The molecular formula is C17H32N4O6Si. The number of aliphatic hydroxyl groups excluding tert-OH is 2. The lowest BCUT2D eigenvalue weighted by Gasteiger charge is -2.38. The van der Waals surface area contributed by atoms with E-state index in [-0.39, 0.29) is 0 Å². The number of nitrogens with one attached hydrogen (secondary N) is 2. The molecule has 7 N–H and O–H groups in total. The zero-order chi connectivity index (χ0) is 21.3. The number of hydrogen-bond donors (Lipinski definition) is 6. The van der Waals surface area contributed by atoms with E-state index in [1.165, 1.54) is 16.8 Å². The van der Waals surface area contributed by atoms with E-state index in [0.29, 0.717) is 19.4 Å². The maximum Gasteiger partial charge on any atom is 0.330 e. The van der Waals surface area contributed by atoms with Crippen LogP contribution in [0.5, 0.6) is 0 Å². The molecule has 1 aliphatic heterocycles. The molecule has 1 aliphatic rings. The number of H-pyrrole nitrogens is 1. The van der Waals surface area contributed by atoms with Crippen molar-refractivity contribution in [3.05, 3.63) is 33.1 Å². The number of nitrogens with two attached hydrogens (primary N) is 1. The largest absolute Gasteiger partial charge is 0.432 e. The molecule has 160 valence electrons. The summed E-state index contributed by atoms with van der Waals surface area (Å²) in [6, 6.07) is 1.23. The van der Waals surface area contributed by atoms with Gasteiger partial charge in [-0.2, -0.15) is 0 Å². The fourth-order valence-electron chi connectivity index (χ4n) is 3.38. The van der Waals surface area contributed by atoms with E-state index < -0.39 is 55.3 Å². The van der Waals surface area contributed by atoms with Gasteiger partial charge in [0.05, 0.1) is 12.2 Å². The zero-order valence-corrected chi connectivity index (χ0v) is 17.8. The molecule has 0 aromatic carbocycles. The second kappa shape index (κ2) is 8.57. The molecule has 1 aromatic heterocycles. The summed E-state index contributed by atoms with van der Waals surface area (Å²) in [6.07, 6.45) is -1.31. The van der Waals surface area contributed by atoms with Crippen molar-refractivity contribution in [1.82, 2.24) is 14.9 Å². The summed E-state index contributed by atoms with van der Waals surface area (Å²) in [6.45, 7) is 7.86. The standard InChI is InChI=1S/C17H32N4O6Si/c1-17(2,28(3,4)26)9-10-13(23)11(5-7-19-15(18)24)27-14(10)21-8-6-12(22)20-16(21)25/h6,8,10-11,13-15,19,23-24,26H,5,7,9,18H2,1-4H3,(H,20,22,25)/t10?,11-,13-,14-,15?/m1/s1. The van der Waals surface area contributed by atoms with Crippen molar-refractivity contribution in [2.45, 2.75) is 69.6 Å². The highest BCUT2D eigenvalue weighted by molar-refractivity contribution is 6.72. The average Bonchev–Trinajstić information content (AvgIpc) is 2.82. The van der Waals surface area contributed by atoms with Gasteiger partial charge in [0.2, 0.25) is 0 Å². The van der Waals surface area contributed by atoms with Crippen LogP contribution in [-0.4, -0.2) is 58.0 Å². The summed E-state index contributed by atoms with van der Waals surface area (Å²) in [7, 11) is -2.57. The second-order valence-corrected chi connectivity index (χ2v) is 13.0. The van der Waals surface area contributed by atoms with Crippen LogP contribution in [0.3, 0.4) is 0 Å². The Morgan fingerprint density at radius 2 is 2.07 bits per heavy atom. The Balaban J connectivity index is 2.32. The zero-order valence-electron chi connectivity index (χ0n) is 16.8. The van der Waals surface area contributed by atoms with Crippen LogP contribution in [-0.2, 0) is 4.74 Å². The van der Waals surface area contributed by atoms with Crippen molar-refractivity contribution in [3.63, 3.8) is 0 Å². The van der Waals surface area contributed by atoms with Gasteiger partial charge in [0, 0.05) is 24.7 Å². The highest BCUT2D eigenvalue weighted by Crippen LogP contribution is 2.48. The summed E-state index contributed by atoms with van der Waals surface area (Å²) < 4.78 is 7.26. The van der Waals surface area contributed by atoms with E-state index in [4.69, 9.17) is 15.6 Å². The monoisotopic (exact) mass is 416 g/mol. The minimum atomic E-state index is -2.57. The van der Waals surface area contributed by atoms with Crippen LogP contribution in [0.2, 0.25) is 18.1 Å². The number of aliphatic hydroxyl groups is 2. The van der Waals surface area contributed by atoms with Crippen molar-refractivity contribution < 1.29 is 19.7 Å². The lowest BCUT2D eigenvalue weighted by Crippen LogP contribution is -2.43. The summed E-state index contributed by atoms with van der Waals surface area (Å²) >= 11 is 0. The Hall–Kier alpha value is -1.34. The van der Waals surface area contributed by atoms with Gasteiger partial charge in [0.1, 0.15) is 6.23 Å². The first-order valence-corrected chi connectivity index (χ1v) is 12.3. The van der Waals surface area contributed by atoms with Crippen molar-refractivity contribution in [1.29, 1.82) is 0 Å². The first kappa shape index (κ1) is 22.9. The van der Waals surface area contributed by atoms with E-state index in [0.717, 1.165) is 0 Å². The summed E-state index contributed by atoms with van der Waals surface area (Å²) in [4.78, 5) is 36.6. The molecule has 2 unspecified atom stereocenters. The summed E-state index contributed by atoms with van der Waals surface area (Å²) in [5.41, 5.74) is 4.12. The Labute approximate surface area is 164 Å². The molecule has 2 rings (SSSR count). The average molecular weight is 417 g/mol. The topological polar surface area (TPSA) is 163 Å². The quantitative estimate of drug-likeness (QED) is 0.232. The molecule has 0 radical (unpaired) electrons. The molecule has 0 saturated carbocycles. The van der Waals surface area contributed by atoms with Crippen LogP contribution in [0.4, 0.5) is 0 Å². The number of ether oxygens (including phenoxy) is 1. The SMILES string of the molecule is CC(C)(CC1[C@@H](O)[C@@H](CCNC(N)O)O[C@H]1n1ccc(=O)[nH]c1=O)[Si](C)(C)O. The molecule has 0 amide bonds. The molecule has 2 heterocycles. The molecule has 11 heteroatoms. The molecular weight excluding hydrogens is 384 g/mol. The first-order valence-electron chi connectivity index (χ1n) is 9.38. The van der Waals surface area contributed by atoms with E-state index in [1.807, 2.05) is 26.9 Å². The third kappa shape index (κ3) is 5.17. The highest BCUT2D eigenvalue weighted by Gasteiger charge is 2.49. The Kier molecular flexibility index (Phi) is 7.02. The second-order valence-electron chi connectivity index (χ2n) is 8.57. The van der Waals surface area contributed by atoms with Crippen molar-refractivity contribution in [2.24, 2.45) is 11.7 Å². The Morgan fingerprint density at radius 1 is 1.43 bits per heavy atom. The van der Waals surface area contributed by atoms with Gasteiger partial charge in [-0.15, -0.1) is 0 Å². The van der Waals surface area contributed by atoms with Gasteiger partial charge in [-0.05, 0) is 31.0 Å². The maximum absolute atomic E-state index is 12.3. The fourth-order valence-corrected chi connectivity index (χ4v) is 4.11. The molecule has 0 bridgehead atoms. The van der Waals surface area contributed by atoms with Crippen LogP contribution < -0.4 is 22.3 Å². The van der Waals surface area contributed by atoms with Crippen molar-refractivity contribution >= 4 is 8.32 Å². The molecule has 1 aromatic rings. The number of nitrogens with zero attached hydrogens (tertiary/aromatic N) is 1. The van der Waals surface area contributed by atoms with Gasteiger partial charge in [-0.1, -0.05) is 13.8 Å². The lowest BCUT2D eigenvalue weighted by atomic mass is 9.89. The Morgan fingerprint density at radius 3 is 2.61 bits per heavy atom. The molecule has 1 fully saturated rings. The van der Waals surface area contributed by atoms with Gasteiger partial charge in [0.15, 0.2) is 14.7 Å². The minimum absolute atomic E-state index is 0.309. The summed E-state index contributed by atoms with van der Waals surface area (Å²) in [5.74, 6) is -0.467. The van der Waals surface area contributed by atoms with Gasteiger partial charge >= 0.3 is 5.69 Å². The van der Waals surface area contributed by atoms with Crippen LogP contribution in [0.1, 0.15) is 32.9 Å². The van der Waals surface area contributed by atoms with E-state index in [2.05, 4.69) is 10.3 Å². The van der Waals surface area contributed by atoms with Gasteiger partial charge in [-0.3, -0.25) is 25.4 Å². The van der Waals surface area contributed by atoms with Crippen molar-refractivity contribution in [3.8, 4) is 0 Å². The summed E-state index contributed by atoms with van der Waals surface area (Å²) in [5, 5.41) is 22.3. The van der Waals surface area contributed by atoms with E-state index in [9.17, 15) is 19.5 Å². The maximum atomic E-state index is 12.3. The normalized spacial score (nSPS) is 27.1. The number of aromatic amines is 1. The predicted octanol–water partition coefficient (Wildman–Crippen LogP) is -1.01. The highest BCUT2D eigenvalue weighted by atomic mass is 28.4. The molecule has 28 heavy (non-hydrogen) atoms. The Bertz CT molecular complexity index is 772. The fraction of sp³-hybridized carbons (Fsp3) is 0.765. The van der Waals surface area contributed by atoms with Crippen LogP contribution >= 0.6 is 0 Å². The van der Waals surface area contributed by atoms with Gasteiger partial charge < -0.3 is 19.7 Å². The number of aromatic nitrogens is 2. The first-order chi connectivity index (χ1) is 12.8. The minimum Gasteiger partial charge on any atom is -0.432 e. The van der Waals surface area contributed by atoms with E-state index >= 15 is 0 Å². The molecule has 5 atom stereocenters. The van der Waals surface area contributed by atoms with Gasteiger partial charge in [0.25, 0.3) is 5.56 Å². The number of rotatable bonds is 8. The molecule has 0 aliphatic carbocycles. The van der Waals surface area contributed by atoms with Gasteiger partial charge in [-0.25, -0.2) is 4.79 Å². The lowest BCUT2D eigenvalue weighted by molar-refractivity contribution is -0.0298. The molecule has 1 saturated heterocycles. The third-order valence-electron chi connectivity index (χ3n) is 5.81. The van der Waals surface area contributed by atoms with Crippen LogP contribution in [0, 0.1) is 5.92 Å².